The first-order chi connectivity index (χ1) is 8.56. The lowest BCUT2D eigenvalue weighted by Gasteiger charge is -2.40. The zero-order chi connectivity index (χ0) is 13.2. The van der Waals surface area contributed by atoms with Crippen LogP contribution in [0.2, 0.25) is 0 Å². The minimum atomic E-state index is -0.370. The minimum Gasteiger partial charge on any atom is -0.376 e. The van der Waals surface area contributed by atoms with Crippen molar-refractivity contribution in [2.24, 2.45) is 0 Å². The van der Waals surface area contributed by atoms with Crippen LogP contribution in [-0.2, 0) is 4.74 Å². The molecule has 1 aromatic carbocycles. The molecule has 1 aliphatic rings. The van der Waals surface area contributed by atoms with Crippen molar-refractivity contribution in [3.05, 3.63) is 34.1 Å². The average Bonchev–Trinajstić information content (AvgIpc) is 2.27. The van der Waals surface area contributed by atoms with Crippen LogP contribution in [0.4, 0.5) is 4.39 Å². The van der Waals surface area contributed by atoms with E-state index in [-0.39, 0.29) is 17.3 Å². The average molecular weight is 316 g/mol. The van der Waals surface area contributed by atoms with Crippen LogP contribution in [0.3, 0.4) is 0 Å². The van der Waals surface area contributed by atoms with E-state index < -0.39 is 0 Å². The summed E-state index contributed by atoms with van der Waals surface area (Å²) in [6, 6.07) is 4.02. The maximum absolute atomic E-state index is 12.9. The molecule has 0 saturated heterocycles. The lowest BCUT2D eigenvalue weighted by atomic mass is 9.80. The Balaban J connectivity index is 1.99. The summed E-state index contributed by atoms with van der Waals surface area (Å²) in [6.07, 6.45) is 3.06. The van der Waals surface area contributed by atoms with Gasteiger partial charge in [0.1, 0.15) is 5.82 Å². The smallest absolute Gasteiger partial charge is 0.252 e. The molecular formula is C13H15BrFNO2. The van der Waals surface area contributed by atoms with E-state index in [0.29, 0.717) is 16.6 Å². The molecule has 1 fully saturated rings. The molecule has 0 aliphatic heterocycles. The van der Waals surface area contributed by atoms with Gasteiger partial charge >= 0.3 is 0 Å². The first-order valence-electron chi connectivity index (χ1n) is 5.85. The summed E-state index contributed by atoms with van der Waals surface area (Å²) in [5.41, 5.74) is 0.226. The van der Waals surface area contributed by atoms with Crippen molar-refractivity contribution in [3.8, 4) is 0 Å². The van der Waals surface area contributed by atoms with E-state index >= 15 is 0 Å². The van der Waals surface area contributed by atoms with E-state index in [0.717, 1.165) is 19.3 Å². The van der Waals surface area contributed by atoms with Crippen LogP contribution < -0.4 is 5.32 Å². The van der Waals surface area contributed by atoms with Gasteiger partial charge in [0.25, 0.3) is 5.91 Å². The Morgan fingerprint density at radius 1 is 1.56 bits per heavy atom. The maximum atomic E-state index is 12.9. The molecule has 1 aliphatic carbocycles. The second-order valence-electron chi connectivity index (χ2n) is 4.55. The summed E-state index contributed by atoms with van der Waals surface area (Å²) in [6.45, 7) is 0.492. The highest BCUT2D eigenvalue weighted by Gasteiger charge is 2.37. The summed E-state index contributed by atoms with van der Waals surface area (Å²) in [5, 5.41) is 2.84. The molecule has 0 radical (unpaired) electrons. The standard InChI is InChI=1S/C13H15BrFNO2/c1-18-13(5-2-6-13)8-16-12(17)10-4-3-9(15)7-11(10)14/h3-4,7H,2,5-6,8H2,1H3,(H,16,17). The van der Waals surface area contributed by atoms with Gasteiger partial charge in [0, 0.05) is 18.1 Å². The maximum Gasteiger partial charge on any atom is 0.252 e. The first kappa shape index (κ1) is 13.5. The van der Waals surface area contributed by atoms with Gasteiger partial charge in [0.05, 0.1) is 11.2 Å². The second kappa shape index (κ2) is 5.36. The van der Waals surface area contributed by atoms with E-state index in [9.17, 15) is 9.18 Å². The van der Waals surface area contributed by atoms with Crippen molar-refractivity contribution in [3.63, 3.8) is 0 Å². The number of carbonyl (C=O) groups is 1. The fraction of sp³-hybridized carbons (Fsp3) is 0.462. The number of nitrogens with one attached hydrogen (secondary N) is 1. The van der Waals surface area contributed by atoms with Crippen molar-refractivity contribution in [1.29, 1.82) is 0 Å². The summed E-state index contributed by atoms with van der Waals surface area (Å²) in [5.74, 6) is -0.587. The number of methoxy groups -OCH3 is 1. The normalized spacial score (nSPS) is 17.1. The Morgan fingerprint density at radius 2 is 2.28 bits per heavy atom. The third-order valence-corrected chi connectivity index (χ3v) is 4.10. The minimum absolute atomic E-state index is 0.206. The van der Waals surface area contributed by atoms with Gasteiger partial charge in [-0.15, -0.1) is 0 Å². The van der Waals surface area contributed by atoms with Gasteiger partial charge in [-0.3, -0.25) is 4.79 Å². The zero-order valence-electron chi connectivity index (χ0n) is 10.1. The highest BCUT2D eigenvalue weighted by Crippen LogP contribution is 2.34. The molecule has 0 aromatic heterocycles. The second-order valence-corrected chi connectivity index (χ2v) is 5.40. The van der Waals surface area contributed by atoms with E-state index in [2.05, 4.69) is 21.2 Å². The highest BCUT2D eigenvalue weighted by atomic mass is 79.9. The van der Waals surface area contributed by atoms with Gasteiger partial charge in [0.2, 0.25) is 0 Å². The molecule has 1 N–H and O–H groups in total. The number of ether oxygens (including phenoxy) is 1. The summed E-state index contributed by atoms with van der Waals surface area (Å²) < 4.78 is 18.8. The van der Waals surface area contributed by atoms with Crippen LogP contribution in [-0.4, -0.2) is 25.2 Å². The van der Waals surface area contributed by atoms with Crippen molar-refractivity contribution in [2.75, 3.05) is 13.7 Å². The zero-order valence-corrected chi connectivity index (χ0v) is 11.7. The van der Waals surface area contributed by atoms with E-state index in [1.165, 1.54) is 18.2 Å². The van der Waals surface area contributed by atoms with Crippen LogP contribution in [0, 0.1) is 5.82 Å². The number of benzene rings is 1. The van der Waals surface area contributed by atoms with Gasteiger partial charge in [0.15, 0.2) is 0 Å². The summed E-state index contributed by atoms with van der Waals surface area (Å²) in [7, 11) is 1.67. The molecular weight excluding hydrogens is 301 g/mol. The van der Waals surface area contributed by atoms with E-state index in [4.69, 9.17) is 4.74 Å². The van der Waals surface area contributed by atoms with Gasteiger partial charge in [-0.1, -0.05) is 0 Å². The van der Waals surface area contributed by atoms with Crippen LogP contribution in [0.5, 0.6) is 0 Å². The molecule has 0 unspecified atom stereocenters. The number of rotatable bonds is 4. The van der Waals surface area contributed by atoms with Crippen LogP contribution in [0.1, 0.15) is 29.6 Å². The predicted octanol–water partition coefficient (Wildman–Crippen LogP) is 2.89. The molecule has 0 atom stereocenters. The van der Waals surface area contributed by atoms with Gasteiger partial charge in [-0.05, 0) is 53.4 Å². The van der Waals surface area contributed by atoms with Crippen LogP contribution >= 0.6 is 15.9 Å². The quantitative estimate of drug-likeness (QED) is 0.927. The molecule has 0 spiro atoms. The fourth-order valence-corrected chi connectivity index (χ4v) is 2.57. The fourth-order valence-electron chi connectivity index (χ4n) is 2.03. The first-order valence-corrected chi connectivity index (χ1v) is 6.64. The Kier molecular flexibility index (Phi) is 4.02. The third kappa shape index (κ3) is 2.72. The molecule has 5 heteroatoms. The molecule has 0 heterocycles. The number of carbonyl (C=O) groups excluding carboxylic acids is 1. The Labute approximate surface area is 114 Å². The third-order valence-electron chi connectivity index (χ3n) is 3.44. The Morgan fingerprint density at radius 3 is 2.78 bits per heavy atom. The van der Waals surface area contributed by atoms with Crippen molar-refractivity contribution < 1.29 is 13.9 Å². The Hall–Kier alpha value is -0.940. The largest absolute Gasteiger partial charge is 0.376 e. The summed E-state index contributed by atoms with van der Waals surface area (Å²) >= 11 is 3.18. The molecule has 0 bridgehead atoms. The molecule has 3 nitrogen and oxygen atoms in total. The molecule has 18 heavy (non-hydrogen) atoms. The van der Waals surface area contributed by atoms with Crippen molar-refractivity contribution in [2.45, 2.75) is 24.9 Å². The van der Waals surface area contributed by atoms with Crippen LogP contribution in [0.25, 0.3) is 0 Å². The molecule has 1 saturated carbocycles. The summed E-state index contributed by atoms with van der Waals surface area (Å²) in [4.78, 5) is 12.0. The van der Waals surface area contributed by atoms with Gasteiger partial charge in [-0.2, -0.15) is 0 Å². The van der Waals surface area contributed by atoms with Crippen LogP contribution in [0.15, 0.2) is 22.7 Å². The molecule has 98 valence electrons. The number of halogens is 2. The lowest BCUT2D eigenvalue weighted by molar-refractivity contribution is -0.0679. The highest BCUT2D eigenvalue weighted by molar-refractivity contribution is 9.10. The number of hydrogen-bond acceptors (Lipinski definition) is 2. The molecule has 1 aromatic rings. The SMILES string of the molecule is COC1(CNC(=O)c2ccc(F)cc2Br)CCC1. The Bertz CT molecular complexity index is 455. The van der Waals surface area contributed by atoms with Gasteiger partial charge < -0.3 is 10.1 Å². The lowest BCUT2D eigenvalue weighted by Crippen LogP contribution is -2.49. The van der Waals surface area contributed by atoms with E-state index in [1.807, 2.05) is 0 Å². The monoisotopic (exact) mass is 315 g/mol. The van der Waals surface area contributed by atoms with Crippen molar-refractivity contribution >= 4 is 21.8 Å². The molecule has 1 amide bonds. The van der Waals surface area contributed by atoms with Crippen molar-refractivity contribution in [1.82, 2.24) is 5.32 Å². The van der Waals surface area contributed by atoms with E-state index in [1.54, 1.807) is 7.11 Å². The predicted molar refractivity (Wildman–Crippen MR) is 70.0 cm³/mol. The topological polar surface area (TPSA) is 38.3 Å². The molecule has 2 rings (SSSR count). The van der Waals surface area contributed by atoms with Gasteiger partial charge in [-0.25, -0.2) is 4.39 Å². The number of amides is 1. The number of hydrogen-bond donors (Lipinski definition) is 1.